The Hall–Kier alpha value is -4.90. The number of amides is 1. The molecule has 4 saturated heterocycles. The minimum Gasteiger partial charge on any atom is -0.471 e. The number of ether oxygens (including phenoxy) is 6. The third kappa shape index (κ3) is 9.93. The number of piperidine rings is 1. The van der Waals surface area contributed by atoms with Crippen molar-refractivity contribution in [1.29, 1.82) is 0 Å². The second kappa shape index (κ2) is 17.9. The zero-order valence-electron chi connectivity index (χ0n) is 37.6. The topological polar surface area (TPSA) is 152 Å². The summed E-state index contributed by atoms with van der Waals surface area (Å²) in [6.07, 6.45) is 7.36. The molecular weight excluding hydrogens is 817 g/mol. The normalized spacial score (nSPS) is 23.3. The first-order valence-corrected chi connectivity index (χ1v) is 22.4. The lowest BCUT2D eigenvalue weighted by molar-refractivity contribution is -0.0366. The Morgan fingerprint density at radius 3 is 2.56 bits per heavy atom. The molecule has 3 aromatic heterocycles. The molecule has 342 valence electrons. The van der Waals surface area contributed by atoms with Crippen LogP contribution in [0.5, 0.6) is 11.9 Å². The molecule has 0 radical (unpaired) electrons. The SMILES string of the molecule is Cc1cc2c(cnn2C2CCCCO2)c(-c2ncc3c(OC(C)(C)C)nc(OC[C@@]45CCCN4C[C@@H](F)C5)nc3c2F)c1CCOC(=O)OC[C@@H]1CCCN(C(=O)OC(C)(C)C)C1. The average Bonchev–Trinajstić information content (AvgIpc) is 3.91. The quantitative estimate of drug-likeness (QED) is 0.132. The molecule has 7 heterocycles. The van der Waals surface area contributed by atoms with Crippen LogP contribution in [0.3, 0.4) is 0 Å². The Labute approximate surface area is 367 Å². The van der Waals surface area contributed by atoms with Gasteiger partial charge in [-0.15, -0.1) is 0 Å². The Morgan fingerprint density at radius 2 is 1.79 bits per heavy atom. The summed E-state index contributed by atoms with van der Waals surface area (Å²) in [5.41, 5.74) is 0.929. The van der Waals surface area contributed by atoms with Gasteiger partial charge in [0.2, 0.25) is 5.88 Å². The number of carbonyl (C=O) groups excluding carboxylic acids is 2. The number of aromatic nitrogens is 5. The summed E-state index contributed by atoms with van der Waals surface area (Å²) >= 11 is 0. The van der Waals surface area contributed by atoms with Gasteiger partial charge in [0.15, 0.2) is 12.0 Å². The van der Waals surface area contributed by atoms with Crippen LogP contribution in [-0.4, -0.2) is 122 Å². The maximum absolute atomic E-state index is 17.5. The summed E-state index contributed by atoms with van der Waals surface area (Å²) in [6, 6.07) is 1.92. The Balaban J connectivity index is 1.08. The lowest BCUT2D eigenvalue weighted by atomic mass is 9.93. The standard InChI is InChI=1S/C46H61F2N7O8/c1-28-20-34-32(23-50-55(34)35-13-8-9-18-58-35)36(31(28)14-19-59-43(57)60-26-29-12-10-16-53(24-29)42(56)63-45(5,6)7)39-37(48)38-33(22-49-39)40(62-44(2,3)4)52-41(51-38)61-27-46-15-11-17-54(46)25-30(47)21-46/h20,22-23,29-30,35H,8-19,21,24-27H2,1-7H3/t29-,30+,35?,46+/m1/s1. The highest BCUT2D eigenvalue weighted by molar-refractivity contribution is 5.99. The van der Waals surface area contributed by atoms with Crippen molar-refractivity contribution in [2.45, 2.75) is 135 Å². The molecule has 8 rings (SSSR count). The minimum absolute atomic E-state index is 0.0210. The number of pyridine rings is 1. The minimum atomic E-state index is -0.942. The van der Waals surface area contributed by atoms with Gasteiger partial charge in [0, 0.05) is 62.1 Å². The molecule has 0 spiro atoms. The number of benzene rings is 1. The number of rotatable bonds is 11. The lowest BCUT2D eigenvalue weighted by Gasteiger charge is -2.33. The van der Waals surface area contributed by atoms with Gasteiger partial charge in [-0.05, 0) is 117 Å². The summed E-state index contributed by atoms with van der Waals surface area (Å²) < 4.78 is 69.4. The van der Waals surface area contributed by atoms with Gasteiger partial charge in [-0.1, -0.05) is 0 Å². The maximum Gasteiger partial charge on any atom is 0.508 e. The Kier molecular flexibility index (Phi) is 12.7. The highest BCUT2D eigenvalue weighted by atomic mass is 19.1. The van der Waals surface area contributed by atoms with E-state index in [9.17, 15) is 14.0 Å². The largest absolute Gasteiger partial charge is 0.508 e. The number of nitrogens with zero attached hydrogens (tertiary/aromatic N) is 7. The van der Waals surface area contributed by atoms with E-state index in [2.05, 4.69) is 14.9 Å². The van der Waals surface area contributed by atoms with Crippen LogP contribution in [0.25, 0.3) is 33.1 Å². The van der Waals surface area contributed by atoms with Crippen LogP contribution in [0, 0.1) is 18.7 Å². The monoisotopic (exact) mass is 877 g/mol. The molecule has 0 N–H and O–H groups in total. The van der Waals surface area contributed by atoms with Crippen LogP contribution in [0.4, 0.5) is 18.4 Å². The average molecular weight is 878 g/mol. The number of likely N-dealkylation sites (tertiary alicyclic amines) is 1. The van der Waals surface area contributed by atoms with E-state index < -0.39 is 34.9 Å². The van der Waals surface area contributed by atoms with Crippen molar-refractivity contribution >= 4 is 34.1 Å². The molecule has 17 heteroatoms. The first-order valence-electron chi connectivity index (χ1n) is 22.4. The first kappa shape index (κ1) is 44.7. The van der Waals surface area contributed by atoms with Crippen molar-refractivity contribution in [3.63, 3.8) is 0 Å². The Morgan fingerprint density at radius 1 is 0.968 bits per heavy atom. The van der Waals surface area contributed by atoms with E-state index in [1.807, 2.05) is 59.2 Å². The summed E-state index contributed by atoms with van der Waals surface area (Å²) in [7, 11) is 0. The summed E-state index contributed by atoms with van der Waals surface area (Å²) in [5.74, 6) is -0.662. The third-order valence-corrected chi connectivity index (χ3v) is 12.3. The van der Waals surface area contributed by atoms with E-state index in [-0.39, 0.29) is 73.0 Å². The number of aryl methyl sites for hydroxylation is 1. The molecular formula is C46H61F2N7O8. The van der Waals surface area contributed by atoms with Gasteiger partial charge in [-0.25, -0.2) is 23.1 Å². The number of alkyl halides is 1. The molecule has 4 atom stereocenters. The van der Waals surface area contributed by atoms with E-state index in [1.165, 1.54) is 6.20 Å². The van der Waals surface area contributed by atoms with Crippen molar-refractivity contribution in [2.24, 2.45) is 5.92 Å². The number of carbonyl (C=O) groups is 2. The van der Waals surface area contributed by atoms with Crippen molar-refractivity contribution in [3.05, 3.63) is 35.4 Å². The lowest BCUT2D eigenvalue weighted by Crippen LogP contribution is -2.44. The van der Waals surface area contributed by atoms with Crippen molar-refractivity contribution < 1.29 is 46.8 Å². The summed E-state index contributed by atoms with van der Waals surface area (Å²) in [5, 5.41) is 5.66. The van der Waals surface area contributed by atoms with E-state index >= 15 is 4.39 Å². The molecule has 1 unspecified atom stereocenters. The molecule has 1 amide bonds. The first-order chi connectivity index (χ1) is 30.0. The van der Waals surface area contributed by atoms with Crippen LogP contribution in [0.1, 0.15) is 110 Å². The molecule has 4 aliphatic rings. The van der Waals surface area contributed by atoms with Gasteiger partial charge in [-0.2, -0.15) is 15.1 Å². The third-order valence-electron chi connectivity index (χ3n) is 12.3. The molecule has 0 bridgehead atoms. The molecule has 15 nitrogen and oxygen atoms in total. The molecule has 0 saturated carbocycles. The van der Waals surface area contributed by atoms with Crippen molar-refractivity contribution in [1.82, 2.24) is 34.5 Å². The van der Waals surface area contributed by atoms with Gasteiger partial charge in [0.25, 0.3) is 0 Å². The number of hydrogen-bond donors (Lipinski definition) is 0. The van der Waals surface area contributed by atoms with Gasteiger partial charge >= 0.3 is 18.3 Å². The zero-order chi connectivity index (χ0) is 44.7. The van der Waals surface area contributed by atoms with Crippen LogP contribution in [0.2, 0.25) is 0 Å². The van der Waals surface area contributed by atoms with Gasteiger partial charge in [0.05, 0.1) is 35.9 Å². The predicted octanol–water partition coefficient (Wildman–Crippen LogP) is 8.66. The van der Waals surface area contributed by atoms with E-state index in [1.54, 1.807) is 11.1 Å². The number of halogens is 2. The second-order valence-electron chi connectivity index (χ2n) is 19.6. The van der Waals surface area contributed by atoms with Crippen LogP contribution in [0.15, 0.2) is 18.5 Å². The Bertz CT molecular complexity index is 2320. The number of fused-ring (bicyclic) bond motifs is 3. The molecule has 4 fully saturated rings. The smallest absolute Gasteiger partial charge is 0.471 e. The number of hydrogen-bond acceptors (Lipinski definition) is 13. The van der Waals surface area contributed by atoms with Crippen molar-refractivity contribution in [2.75, 3.05) is 52.6 Å². The molecule has 63 heavy (non-hydrogen) atoms. The fourth-order valence-corrected chi connectivity index (χ4v) is 9.52. The zero-order valence-corrected chi connectivity index (χ0v) is 37.6. The van der Waals surface area contributed by atoms with Crippen LogP contribution >= 0.6 is 0 Å². The second-order valence-corrected chi connectivity index (χ2v) is 19.6. The highest BCUT2D eigenvalue weighted by Gasteiger charge is 2.49. The summed E-state index contributed by atoms with van der Waals surface area (Å²) in [6.45, 7) is 16.0. The van der Waals surface area contributed by atoms with E-state index in [0.29, 0.717) is 49.2 Å². The van der Waals surface area contributed by atoms with Gasteiger partial charge in [-0.3, -0.25) is 9.88 Å². The summed E-state index contributed by atoms with van der Waals surface area (Å²) in [4.78, 5) is 43.4. The van der Waals surface area contributed by atoms with Crippen LogP contribution < -0.4 is 9.47 Å². The fraction of sp³-hybridized carbons (Fsp3) is 0.652. The predicted molar refractivity (Wildman–Crippen MR) is 230 cm³/mol. The molecule has 1 aromatic carbocycles. The maximum atomic E-state index is 17.5. The van der Waals surface area contributed by atoms with E-state index in [4.69, 9.17) is 38.5 Å². The van der Waals surface area contributed by atoms with E-state index in [0.717, 1.165) is 62.6 Å². The highest BCUT2D eigenvalue weighted by Crippen LogP contribution is 2.42. The van der Waals surface area contributed by atoms with Crippen LogP contribution in [-0.2, 0) is 25.4 Å². The van der Waals surface area contributed by atoms with Crippen molar-refractivity contribution in [3.8, 4) is 23.1 Å². The molecule has 4 aliphatic heterocycles. The van der Waals surface area contributed by atoms with Gasteiger partial charge < -0.3 is 33.3 Å². The van der Waals surface area contributed by atoms with Gasteiger partial charge in [0.1, 0.15) is 35.2 Å². The fourth-order valence-electron chi connectivity index (χ4n) is 9.52. The molecule has 0 aliphatic carbocycles. The molecule has 4 aromatic rings.